The lowest BCUT2D eigenvalue weighted by Crippen LogP contribution is -2.56. The standard InChI is InChI=1S/C15H21N3O/c1-3-13-9-12(6-8-18-13)11-5-7-15(17,19-4-2)14(16)10-11/h5-10,14H,3-4,16-17H2,1-2H3. The summed E-state index contributed by atoms with van der Waals surface area (Å²) < 4.78 is 5.52. The van der Waals surface area contributed by atoms with Gasteiger partial charge in [-0.05, 0) is 42.7 Å². The van der Waals surface area contributed by atoms with E-state index in [0.717, 1.165) is 23.3 Å². The number of nitrogens with two attached hydrogens (primary N) is 2. The van der Waals surface area contributed by atoms with Gasteiger partial charge in [0.1, 0.15) is 0 Å². The molecule has 1 aliphatic carbocycles. The van der Waals surface area contributed by atoms with Gasteiger partial charge in [0.15, 0.2) is 5.72 Å². The summed E-state index contributed by atoms with van der Waals surface area (Å²) in [4.78, 5) is 4.30. The molecule has 0 spiro atoms. The average molecular weight is 259 g/mol. The van der Waals surface area contributed by atoms with Crippen LogP contribution in [0, 0.1) is 0 Å². The maximum Gasteiger partial charge on any atom is 0.155 e. The molecule has 4 N–H and O–H groups in total. The van der Waals surface area contributed by atoms with Gasteiger partial charge in [-0.15, -0.1) is 0 Å². The van der Waals surface area contributed by atoms with Crippen molar-refractivity contribution in [3.63, 3.8) is 0 Å². The molecule has 102 valence electrons. The molecule has 2 unspecified atom stereocenters. The van der Waals surface area contributed by atoms with Gasteiger partial charge >= 0.3 is 0 Å². The fourth-order valence-corrected chi connectivity index (χ4v) is 2.15. The van der Waals surface area contributed by atoms with Crippen LogP contribution in [0.25, 0.3) is 5.57 Å². The third-order valence-corrected chi connectivity index (χ3v) is 3.31. The predicted octanol–water partition coefficient (Wildman–Crippen LogP) is 1.62. The first-order valence-electron chi connectivity index (χ1n) is 6.64. The van der Waals surface area contributed by atoms with Crippen LogP contribution in [-0.2, 0) is 11.2 Å². The fraction of sp³-hybridized carbons (Fsp3) is 0.400. The van der Waals surface area contributed by atoms with Gasteiger partial charge in [-0.2, -0.15) is 0 Å². The van der Waals surface area contributed by atoms with Crippen LogP contribution in [0.2, 0.25) is 0 Å². The number of aromatic nitrogens is 1. The highest BCUT2D eigenvalue weighted by molar-refractivity contribution is 5.76. The van der Waals surface area contributed by atoms with Crippen LogP contribution in [0.3, 0.4) is 0 Å². The zero-order valence-corrected chi connectivity index (χ0v) is 11.5. The second-order valence-electron chi connectivity index (χ2n) is 4.66. The summed E-state index contributed by atoms with van der Waals surface area (Å²) in [5, 5.41) is 0. The number of pyridine rings is 1. The number of allylic oxidation sites excluding steroid dienone is 2. The highest BCUT2D eigenvalue weighted by Crippen LogP contribution is 2.26. The van der Waals surface area contributed by atoms with Gasteiger partial charge in [-0.3, -0.25) is 10.7 Å². The molecule has 2 atom stereocenters. The molecule has 0 saturated heterocycles. The molecule has 1 aromatic rings. The molecule has 0 aromatic carbocycles. The SMILES string of the molecule is CCOC1(N)C=CC(c2ccnc(CC)c2)=CC1N. The Labute approximate surface area is 114 Å². The number of rotatable bonds is 4. The van der Waals surface area contributed by atoms with E-state index in [4.69, 9.17) is 16.2 Å². The molecular weight excluding hydrogens is 238 g/mol. The number of hydrogen-bond acceptors (Lipinski definition) is 4. The van der Waals surface area contributed by atoms with Crippen molar-refractivity contribution < 1.29 is 4.74 Å². The molecule has 2 rings (SSSR count). The molecule has 4 nitrogen and oxygen atoms in total. The van der Waals surface area contributed by atoms with Gasteiger partial charge in [0.05, 0.1) is 6.04 Å². The van der Waals surface area contributed by atoms with E-state index in [9.17, 15) is 0 Å². The van der Waals surface area contributed by atoms with Gasteiger partial charge in [0.25, 0.3) is 0 Å². The quantitative estimate of drug-likeness (QED) is 0.806. The number of nitrogens with zero attached hydrogens (tertiary/aromatic N) is 1. The van der Waals surface area contributed by atoms with E-state index in [-0.39, 0.29) is 6.04 Å². The van der Waals surface area contributed by atoms with Crippen LogP contribution >= 0.6 is 0 Å². The van der Waals surface area contributed by atoms with Crippen molar-refractivity contribution in [3.05, 3.63) is 47.8 Å². The maximum atomic E-state index is 6.12. The molecular formula is C15H21N3O. The molecule has 1 aromatic heterocycles. The Morgan fingerprint density at radius 1 is 1.42 bits per heavy atom. The first-order chi connectivity index (χ1) is 9.09. The highest BCUT2D eigenvalue weighted by Gasteiger charge is 2.31. The largest absolute Gasteiger partial charge is 0.355 e. The molecule has 0 saturated carbocycles. The highest BCUT2D eigenvalue weighted by atomic mass is 16.5. The topological polar surface area (TPSA) is 74.2 Å². The fourth-order valence-electron chi connectivity index (χ4n) is 2.15. The van der Waals surface area contributed by atoms with E-state index < -0.39 is 5.72 Å². The minimum absolute atomic E-state index is 0.356. The van der Waals surface area contributed by atoms with Crippen LogP contribution in [0.15, 0.2) is 36.6 Å². The van der Waals surface area contributed by atoms with Gasteiger partial charge in [0.2, 0.25) is 0 Å². The molecule has 0 fully saturated rings. The van der Waals surface area contributed by atoms with Crippen molar-refractivity contribution >= 4 is 5.57 Å². The molecule has 19 heavy (non-hydrogen) atoms. The van der Waals surface area contributed by atoms with E-state index in [0.29, 0.717) is 6.61 Å². The van der Waals surface area contributed by atoms with Crippen molar-refractivity contribution in [1.82, 2.24) is 4.98 Å². The smallest absolute Gasteiger partial charge is 0.155 e. The van der Waals surface area contributed by atoms with Gasteiger partial charge in [-0.25, -0.2) is 0 Å². The molecule has 0 bridgehead atoms. The van der Waals surface area contributed by atoms with Crippen LogP contribution in [0.1, 0.15) is 25.1 Å². The van der Waals surface area contributed by atoms with Crippen LogP contribution in [0.5, 0.6) is 0 Å². The normalized spacial score (nSPS) is 26.3. The minimum Gasteiger partial charge on any atom is -0.355 e. The first-order valence-corrected chi connectivity index (χ1v) is 6.64. The Balaban J connectivity index is 2.26. The lowest BCUT2D eigenvalue weighted by atomic mass is 9.92. The summed E-state index contributed by atoms with van der Waals surface area (Å²) >= 11 is 0. The second kappa shape index (κ2) is 5.65. The van der Waals surface area contributed by atoms with Gasteiger partial charge < -0.3 is 10.5 Å². The Kier molecular flexibility index (Phi) is 4.14. The van der Waals surface area contributed by atoms with E-state index in [1.54, 1.807) is 0 Å². The molecule has 0 radical (unpaired) electrons. The third kappa shape index (κ3) is 2.92. The summed E-state index contributed by atoms with van der Waals surface area (Å²) in [6.45, 7) is 4.53. The van der Waals surface area contributed by atoms with E-state index in [2.05, 4.69) is 18.0 Å². The van der Waals surface area contributed by atoms with Crippen LogP contribution in [-0.4, -0.2) is 23.4 Å². The third-order valence-electron chi connectivity index (χ3n) is 3.31. The predicted molar refractivity (Wildman–Crippen MR) is 77.3 cm³/mol. The Hall–Kier alpha value is -1.49. The minimum atomic E-state index is -0.904. The maximum absolute atomic E-state index is 6.12. The van der Waals surface area contributed by atoms with Crippen LogP contribution < -0.4 is 11.5 Å². The van der Waals surface area contributed by atoms with Crippen molar-refractivity contribution in [2.24, 2.45) is 11.5 Å². The summed E-state index contributed by atoms with van der Waals surface area (Å²) in [5.74, 6) is 0. The van der Waals surface area contributed by atoms with E-state index in [1.165, 1.54) is 0 Å². The molecule has 1 aliphatic rings. The van der Waals surface area contributed by atoms with E-state index >= 15 is 0 Å². The number of aryl methyl sites for hydroxylation is 1. The van der Waals surface area contributed by atoms with Crippen molar-refractivity contribution in [1.29, 1.82) is 0 Å². The monoisotopic (exact) mass is 259 g/mol. The average Bonchev–Trinajstić information content (AvgIpc) is 2.42. The first kappa shape index (κ1) is 13.9. The van der Waals surface area contributed by atoms with Crippen molar-refractivity contribution in [2.75, 3.05) is 6.61 Å². The summed E-state index contributed by atoms with van der Waals surface area (Å²) in [6.07, 6.45) is 8.48. The molecule has 0 aliphatic heterocycles. The van der Waals surface area contributed by atoms with Crippen LogP contribution in [0.4, 0.5) is 0 Å². The zero-order chi connectivity index (χ0) is 13.9. The zero-order valence-electron chi connectivity index (χ0n) is 11.5. The lowest BCUT2D eigenvalue weighted by Gasteiger charge is -2.33. The molecule has 1 heterocycles. The summed E-state index contributed by atoms with van der Waals surface area (Å²) in [5.41, 5.74) is 14.6. The molecule has 0 amide bonds. The van der Waals surface area contributed by atoms with Gasteiger partial charge in [-0.1, -0.05) is 19.1 Å². The second-order valence-corrected chi connectivity index (χ2v) is 4.66. The number of hydrogen-bond donors (Lipinski definition) is 2. The summed E-state index contributed by atoms with van der Waals surface area (Å²) in [6, 6.07) is 3.70. The molecule has 4 heteroatoms. The van der Waals surface area contributed by atoms with E-state index in [1.807, 2.05) is 37.4 Å². The van der Waals surface area contributed by atoms with Gasteiger partial charge in [0, 0.05) is 18.5 Å². The summed E-state index contributed by atoms with van der Waals surface area (Å²) in [7, 11) is 0. The number of ether oxygens (including phenoxy) is 1. The lowest BCUT2D eigenvalue weighted by molar-refractivity contribution is -0.00555. The Morgan fingerprint density at radius 2 is 2.21 bits per heavy atom. The Morgan fingerprint density at radius 3 is 2.84 bits per heavy atom. The Bertz CT molecular complexity index is 510. The van der Waals surface area contributed by atoms with Crippen molar-refractivity contribution in [2.45, 2.75) is 32.0 Å². The van der Waals surface area contributed by atoms with Crippen molar-refractivity contribution in [3.8, 4) is 0 Å².